The van der Waals surface area contributed by atoms with E-state index >= 15 is 0 Å². The molecular weight excluding hydrogens is 194 g/mol. The maximum atomic E-state index is 5.78. The van der Waals surface area contributed by atoms with Crippen molar-refractivity contribution in [2.75, 3.05) is 11.9 Å². The van der Waals surface area contributed by atoms with E-state index in [-0.39, 0.29) is 0 Å². The minimum absolute atomic E-state index is 0.785. The Morgan fingerprint density at radius 3 is 2.43 bits per heavy atom. The van der Waals surface area contributed by atoms with E-state index in [4.69, 9.17) is 11.6 Å². The maximum absolute atomic E-state index is 5.78. The van der Waals surface area contributed by atoms with Gasteiger partial charge in [0.2, 0.25) is 0 Å². The van der Waals surface area contributed by atoms with Crippen molar-refractivity contribution in [1.82, 2.24) is 0 Å². The molecule has 0 bridgehead atoms. The first kappa shape index (κ1) is 11.4. The third kappa shape index (κ3) is 4.52. The molecule has 0 atom stereocenters. The van der Waals surface area contributed by atoms with Crippen LogP contribution in [0.3, 0.4) is 0 Å². The van der Waals surface area contributed by atoms with Crippen LogP contribution in [0, 0.1) is 6.92 Å². The van der Waals surface area contributed by atoms with Crippen molar-refractivity contribution in [3.8, 4) is 0 Å². The van der Waals surface area contributed by atoms with Crippen molar-refractivity contribution >= 4 is 17.3 Å². The zero-order valence-electron chi connectivity index (χ0n) is 8.43. The summed E-state index contributed by atoms with van der Waals surface area (Å²) in [4.78, 5) is 0. The van der Waals surface area contributed by atoms with Gasteiger partial charge in [-0.25, -0.2) is 0 Å². The van der Waals surface area contributed by atoms with Crippen LogP contribution in [0.25, 0.3) is 0 Å². The smallest absolute Gasteiger partial charge is 0.0407 e. The van der Waals surface area contributed by atoms with Gasteiger partial charge in [-0.05, 0) is 30.7 Å². The van der Waals surface area contributed by atoms with Gasteiger partial charge >= 0.3 is 0 Å². The highest BCUT2D eigenvalue weighted by Crippen LogP contribution is 2.13. The summed E-state index contributed by atoms with van der Waals surface area (Å²) in [5, 5.41) is 4.14. The van der Waals surface area contributed by atoms with Gasteiger partial charge in [0.05, 0.1) is 0 Å². The highest BCUT2D eigenvalue weighted by molar-refractivity contribution is 6.30. The van der Waals surface area contributed by atoms with E-state index in [0.29, 0.717) is 0 Å². The largest absolute Gasteiger partial charge is 0.385 e. The van der Waals surface area contributed by atoms with Crippen LogP contribution in [0.4, 0.5) is 5.69 Å². The lowest BCUT2D eigenvalue weighted by molar-refractivity contribution is 0.707. The molecule has 0 aliphatic heterocycles. The summed E-state index contributed by atoms with van der Waals surface area (Å²) >= 11 is 5.78. The van der Waals surface area contributed by atoms with E-state index in [2.05, 4.69) is 12.2 Å². The second-order valence-electron chi connectivity index (χ2n) is 3.35. The number of hydrogen-bond acceptors (Lipinski definition) is 1. The molecule has 0 saturated heterocycles. The lowest BCUT2D eigenvalue weighted by atomic mass is 10.2. The molecule has 0 fully saturated rings. The first-order chi connectivity index (χ1) is 6.83. The molecular formula is C12H17ClN. The summed E-state index contributed by atoms with van der Waals surface area (Å²) in [6, 6.07) is 7.81. The zero-order chi connectivity index (χ0) is 10.2. The minimum atomic E-state index is 0.785. The third-order valence-corrected chi connectivity index (χ3v) is 2.35. The summed E-state index contributed by atoms with van der Waals surface area (Å²) < 4.78 is 0. The summed E-state index contributed by atoms with van der Waals surface area (Å²) in [5.74, 6) is 0. The molecule has 1 aromatic carbocycles. The number of benzene rings is 1. The molecule has 0 spiro atoms. The summed E-state index contributed by atoms with van der Waals surface area (Å²) in [7, 11) is 0. The standard InChI is InChI=1S/C12H17ClN/c1-2-3-4-5-10-14-12-8-6-11(13)7-9-12/h6-9,14H,1-5,10H2. The number of nitrogens with one attached hydrogen (secondary N) is 1. The van der Waals surface area contributed by atoms with E-state index in [0.717, 1.165) is 23.7 Å². The van der Waals surface area contributed by atoms with Gasteiger partial charge in [0, 0.05) is 17.3 Å². The van der Waals surface area contributed by atoms with Gasteiger partial charge in [-0.3, -0.25) is 0 Å². The zero-order valence-corrected chi connectivity index (χ0v) is 9.19. The van der Waals surface area contributed by atoms with E-state index in [1.54, 1.807) is 0 Å². The van der Waals surface area contributed by atoms with Crippen molar-refractivity contribution < 1.29 is 0 Å². The Bertz CT molecular complexity index is 243. The maximum Gasteiger partial charge on any atom is 0.0407 e. The Kier molecular flexibility index (Phi) is 5.46. The minimum Gasteiger partial charge on any atom is -0.385 e. The summed E-state index contributed by atoms with van der Waals surface area (Å²) in [6.45, 7) is 4.85. The Morgan fingerprint density at radius 1 is 1.07 bits per heavy atom. The van der Waals surface area contributed by atoms with Gasteiger partial charge in [-0.2, -0.15) is 0 Å². The van der Waals surface area contributed by atoms with Gasteiger partial charge in [0.15, 0.2) is 0 Å². The van der Waals surface area contributed by atoms with Crippen molar-refractivity contribution in [2.45, 2.75) is 25.7 Å². The second-order valence-corrected chi connectivity index (χ2v) is 3.78. The molecule has 0 aliphatic carbocycles. The highest BCUT2D eigenvalue weighted by atomic mass is 35.5. The van der Waals surface area contributed by atoms with Gasteiger partial charge < -0.3 is 5.32 Å². The fourth-order valence-electron chi connectivity index (χ4n) is 1.28. The first-order valence-electron chi connectivity index (χ1n) is 5.11. The van der Waals surface area contributed by atoms with Crippen molar-refractivity contribution in [3.05, 3.63) is 36.2 Å². The molecule has 0 aromatic heterocycles. The van der Waals surface area contributed by atoms with Crippen molar-refractivity contribution in [3.63, 3.8) is 0 Å². The molecule has 0 aliphatic rings. The highest BCUT2D eigenvalue weighted by Gasteiger charge is 1.91. The molecule has 1 N–H and O–H groups in total. The van der Waals surface area contributed by atoms with Crippen molar-refractivity contribution in [2.24, 2.45) is 0 Å². The lowest BCUT2D eigenvalue weighted by Crippen LogP contribution is -2.00. The predicted octanol–water partition coefficient (Wildman–Crippen LogP) is 4.15. The van der Waals surface area contributed by atoms with Crippen LogP contribution in [0.15, 0.2) is 24.3 Å². The normalized spacial score (nSPS) is 10.1. The van der Waals surface area contributed by atoms with Crippen molar-refractivity contribution in [1.29, 1.82) is 0 Å². The van der Waals surface area contributed by atoms with Crippen LogP contribution in [0.1, 0.15) is 25.7 Å². The number of anilines is 1. The number of rotatable bonds is 6. The molecule has 0 unspecified atom stereocenters. The first-order valence-corrected chi connectivity index (χ1v) is 5.49. The van der Waals surface area contributed by atoms with Crippen LogP contribution in [0.5, 0.6) is 0 Å². The Balaban J connectivity index is 2.15. The summed E-state index contributed by atoms with van der Waals surface area (Å²) in [6.07, 6.45) is 4.73. The number of unbranched alkanes of at least 4 members (excludes halogenated alkanes) is 3. The average molecular weight is 211 g/mol. The topological polar surface area (TPSA) is 12.0 Å². The molecule has 1 radical (unpaired) electrons. The van der Waals surface area contributed by atoms with E-state index in [1.165, 1.54) is 19.3 Å². The van der Waals surface area contributed by atoms with Gasteiger partial charge in [-0.15, -0.1) is 0 Å². The lowest BCUT2D eigenvalue weighted by Gasteiger charge is -2.05. The fraction of sp³-hybridized carbons (Fsp3) is 0.417. The number of halogens is 1. The van der Waals surface area contributed by atoms with Gasteiger partial charge in [0.25, 0.3) is 0 Å². The Morgan fingerprint density at radius 2 is 1.79 bits per heavy atom. The summed E-state index contributed by atoms with van der Waals surface area (Å²) in [5.41, 5.74) is 1.14. The molecule has 0 heterocycles. The monoisotopic (exact) mass is 210 g/mol. The molecule has 1 rings (SSSR count). The second kappa shape index (κ2) is 6.72. The van der Waals surface area contributed by atoms with Gasteiger partial charge in [-0.1, -0.05) is 37.8 Å². The Hall–Kier alpha value is -0.690. The molecule has 0 saturated carbocycles. The molecule has 2 heteroatoms. The number of hydrogen-bond donors (Lipinski definition) is 1. The molecule has 1 nitrogen and oxygen atoms in total. The van der Waals surface area contributed by atoms with Crippen LogP contribution in [0.2, 0.25) is 5.02 Å². The van der Waals surface area contributed by atoms with E-state index < -0.39 is 0 Å². The average Bonchev–Trinajstić information content (AvgIpc) is 2.21. The SMILES string of the molecule is [CH2]CCCCCNc1ccc(Cl)cc1. The quantitative estimate of drug-likeness (QED) is 0.696. The van der Waals surface area contributed by atoms with Crippen LogP contribution < -0.4 is 5.32 Å². The van der Waals surface area contributed by atoms with Gasteiger partial charge in [0.1, 0.15) is 0 Å². The van der Waals surface area contributed by atoms with E-state index in [1.807, 2.05) is 24.3 Å². The predicted molar refractivity (Wildman–Crippen MR) is 63.8 cm³/mol. The molecule has 77 valence electrons. The molecule has 0 amide bonds. The third-order valence-electron chi connectivity index (χ3n) is 2.10. The van der Waals surface area contributed by atoms with Crippen LogP contribution in [-0.2, 0) is 0 Å². The Labute approximate surface area is 91.5 Å². The fourth-order valence-corrected chi connectivity index (χ4v) is 1.41. The molecule has 14 heavy (non-hydrogen) atoms. The van der Waals surface area contributed by atoms with E-state index in [9.17, 15) is 0 Å². The molecule has 1 aromatic rings. The van der Waals surface area contributed by atoms with Crippen LogP contribution >= 0.6 is 11.6 Å². The van der Waals surface area contributed by atoms with Crippen LogP contribution in [-0.4, -0.2) is 6.54 Å².